The zero-order valence-electron chi connectivity index (χ0n) is 13.0. The highest BCUT2D eigenvalue weighted by molar-refractivity contribution is 5.31. The van der Waals surface area contributed by atoms with Crippen molar-refractivity contribution in [2.24, 2.45) is 0 Å². The van der Waals surface area contributed by atoms with Crippen molar-refractivity contribution in [2.45, 2.75) is 45.1 Å². The van der Waals surface area contributed by atoms with Crippen molar-refractivity contribution in [3.05, 3.63) is 29.8 Å². The van der Waals surface area contributed by atoms with Gasteiger partial charge in [-0.1, -0.05) is 32.9 Å². The quantitative estimate of drug-likeness (QED) is 0.854. The highest BCUT2D eigenvalue weighted by Gasteiger charge is 2.19. The number of benzene rings is 1. The van der Waals surface area contributed by atoms with E-state index in [0.717, 1.165) is 12.3 Å². The summed E-state index contributed by atoms with van der Waals surface area (Å²) in [6.07, 6.45) is 2.21. The summed E-state index contributed by atoms with van der Waals surface area (Å²) in [5.41, 5.74) is 1.46. The van der Waals surface area contributed by atoms with E-state index in [4.69, 9.17) is 4.74 Å². The first-order valence-electron chi connectivity index (χ1n) is 7.70. The van der Waals surface area contributed by atoms with E-state index >= 15 is 0 Å². The third-order valence-corrected chi connectivity index (χ3v) is 4.00. The molecule has 1 heterocycles. The minimum absolute atomic E-state index is 0.164. The van der Waals surface area contributed by atoms with Crippen LogP contribution in [0.25, 0.3) is 0 Å². The summed E-state index contributed by atoms with van der Waals surface area (Å²) in [5, 5.41) is 10.0. The molecule has 3 heteroatoms. The first-order chi connectivity index (χ1) is 9.45. The van der Waals surface area contributed by atoms with Crippen molar-refractivity contribution in [2.75, 3.05) is 26.2 Å². The Morgan fingerprint density at radius 3 is 2.30 bits per heavy atom. The second kappa shape index (κ2) is 6.59. The lowest BCUT2D eigenvalue weighted by Gasteiger charge is -2.20. The van der Waals surface area contributed by atoms with E-state index in [1.807, 2.05) is 12.1 Å². The molecule has 1 aliphatic rings. The average Bonchev–Trinajstić information content (AvgIpc) is 2.88. The highest BCUT2D eigenvalue weighted by atomic mass is 16.5. The largest absolute Gasteiger partial charge is 0.491 e. The Bertz CT molecular complexity index is 402. The monoisotopic (exact) mass is 278 g/mol. The van der Waals surface area contributed by atoms with Crippen molar-refractivity contribution in [3.8, 4) is 5.75 Å². The van der Waals surface area contributed by atoms with Gasteiger partial charge in [0.25, 0.3) is 0 Å². The number of aliphatic hydroxyl groups is 1. The Kier molecular flexibility index (Phi) is 5.06. The van der Waals surface area contributed by atoms with Gasteiger partial charge in [-0.25, -0.2) is 0 Å². The molecule has 1 aliphatic heterocycles. The average molecular weight is 278 g/mol. The fourth-order valence-electron chi connectivity index (χ4n) is 2.71. The first-order valence-corrected chi connectivity index (χ1v) is 7.70. The molecule has 1 atom stereocenters. The maximum absolute atomic E-state index is 10.0. The van der Waals surface area contributed by atoms with Crippen LogP contribution in [0.3, 0.4) is 0 Å². The third kappa shape index (κ3) is 4.50. The predicted molar refractivity (Wildman–Crippen MR) is 81.4 cm³/mol. The molecule has 0 spiro atoms. The maximum Gasteiger partial charge on any atom is 0.137 e. The predicted octanol–water partition coefficient (Wildman–Crippen LogP) is 1.40. The van der Waals surface area contributed by atoms with Gasteiger partial charge in [0.05, 0.1) is 13.1 Å². The van der Waals surface area contributed by atoms with Crippen LogP contribution in [0.1, 0.15) is 39.2 Å². The zero-order valence-corrected chi connectivity index (χ0v) is 13.0. The SMILES string of the molecule is CC(C)(C)c1ccc(OCC(O)C[NH+]2CCCC2)cc1. The van der Waals surface area contributed by atoms with Crippen molar-refractivity contribution in [3.63, 3.8) is 0 Å². The van der Waals surface area contributed by atoms with Crippen LogP contribution >= 0.6 is 0 Å². The molecule has 2 N–H and O–H groups in total. The van der Waals surface area contributed by atoms with Gasteiger partial charge in [-0.3, -0.25) is 0 Å². The molecule has 0 aliphatic carbocycles. The van der Waals surface area contributed by atoms with E-state index in [-0.39, 0.29) is 11.5 Å². The van der Waals surface area contributed by atoms with E-state index in [2.05, 4.69) is 32.9 Å². The molecule has 1 aromatic carbocycles. The number of nitrogens with one attached hydrogen (secondary N) is 1. The van der Waals surface area contributed by atoms with Gasteiger partial charge in [-0.2, -0.15) is 0 Å². The third-order valence-electron chi connectivity index (χ3n) is 4.00. The number of hydrogen-bond acceptors (Lipinski definition) is 2. The minimum Gasteiger partial charge on any atom is -0.491 e. The molecule has 1 aromatic rings. The number of rotatable bonds is 5. The highest BCUT2D eigenvalue weighted by Crippen LogP contribution is 2.24. The van der Waals surface area contributed by atoms with Crippen LogP contribution in [0.15, 0.2) is 24.3 Å². The second-order valence-corrected chi connectivity index (χ2v) is 6.90. The van der Waals surface area contributed by atoms with Crippen molar-refractivity contribution in [1.29, 1.82) is 0 Å². The molecule has 2 rings (SSSR count). The minimum atomic E-state index is -0.370. The molecule has 0 bridgehead atoms. The van der Waals surface area contributed by atoms with Gasteiger partial charge in [-0.15, -0.1) is 0 Å². The molecule has 3 nitrogen and oxygen atoms in total. The van der Waals surface area contributed by atoms with Crippen LogP contribution in [0, 0.1) is 0 Å². The Labute approximate surface area is 122 Å². The van der Waals surface area contributed by atoms with E-state index in [0.29, 0.717) is 6.61 Å². The molecule has 1 fully saturated rings. The van der Waals surface area contributed by atoms with Crippen LogP contribution in [-0.4, -0.2) is 37.5 Å². The first kappa shape index (κ1) is 15.3. The van der Waals surface area contributed by atoms with Crippen LogP contribution in [0.2, 0.25) is 0 Å². The number of likely N-dealkylation sites (tertiary alicyclic amines) is 1. The van der Waals surface area contributed by atoms with Gasteiger partial charge in [0.2, 0.25) is 0 Å². The van der Waals surface area contributed by atoms with Gasteiger partial charge in [-0.05, 0) is 23.1 Å². The zero-order chi connectivity index (χ0) is 14.6. The molecule has 0 amide bonds. The van der Waals surface area contributed by atoms with Gasteiger partial charge >= 0.3 is 0 Å². The van der Waals surface area contributed by atoms with Gasteiger partial charge in [0.1, 0.15) is 25.0 Å². The lowest BCUT2D eigenvalue weighted by Crippen LogP contribution is -3.11. The Balaban J connectivity index is 1.78. The summed E-state index contributed by atoms with van der Waals surface area (Å²) >= 11 is 0. The summed E-state index contributed by atoms with van der Waals surface area (Å²) in [5.74, 6) is 0.841. The van der Waals surface area contributed by atoms with E-state index in [1.54, 1.807) is 0 Å². The number of hydrogen-bond donors (Lipinski definition) is 2. The van der Waals surface area contributed by atoms with E-state index in [9.17, 15) is 5.11 Å². The molecular weight excluding hydrogens is 250 g/mol. The lowest BCUT2D eigenvalue weighted by atomic mass is 9.87. The molecule has 112 valence electrons. The Morgan fingerprint density at radius 1 is 1.15 bits per heavy atom. The van der Waals surface area contributed by atoms with Gasteiger partial charge in [0.15, 0.2) is 0 Å². The second-order valence-electron chi connectivity index (χ2n) is 6.90. The molecule has 20 heavy (non-hydrogen) atoms. The van der Waals surface area contributed by atoms with Crippen LogP contribution in [-0.2, 0) is 5.41 Å². The van der Waals surface area contributed by atoms with Gasteiger partial charge < -0.3 is 14.7 Å². The molecule has 0 aromatic heterocycles. The van der Waals surface area contributed by atoms with E-state index < -0.39 is 0 Å². The van der Waals surface area contributed by atoms with Crippen LogP contribution in [0.4, 0.5) is 0 Å². The fourth-order valence-corrected chi connectivity index (χ4v) is 2.71. The summed E-state index contributed by atoms with van der Waals surface area (Å²) in [4.78, 5) is 1.50. The lowest BCUT2D eigenvalue weighted by molar-refractivity contribution is -0.890. The molecule has 1 saturated heterocycles. The summed E-state index contributed by atoms with van der Waals surface area (Å²) in [6.45, 7) is 10.2. The molecule has 1 unspecified atom stereocenters. The summed E-state index contributed by atoms with van der Waals surface area (Å²) in [7, 11) is 0. The standard InChI is InChI=1S/C17H27NO2/c1-17(2,3)14-6-8-16(9-7-14)20-13-15(19)12-18-10-4-5-11-18/h6-9,15,19H,4-5,10-13H2,1-3H3/p+1. The summed E-state index contributed by atoms with van der Waals surface area (Å²) in [6, 6.07) is 8.20. The Morgan fingerprint density at radius 2 is 1.75 bits per heavy atom. The van der Waals surface area contributed by atoms with Crippen molar-refractivity contribution in [1.82, 2.24) is 0 Å². The normalized spacial score (nSPS) is 18.2. The number of ether oxygens (including phenoxy) is 1. The molecule has 0 saturated carbocycles. The number of aliphatic hydroxyl groups excluding tert-OH is 1. The van der Waals surface area contributed by atoms with Crippen LogP contribution in [0.5, 0.6) is 5.75 Å². The molecule has 0 radical (unpaired) electrons. The molecular formula is C17H28NO2+. The van der Waals surface area contributed by atoms with Gasteiger partial charge in [0, 0.05) is 12.8 Å². The van der Waals surface area contributed by atoms with Crippen molar-refractivity contribution >= 4 is 0 Å². The van der Waals surface area contributed by atoms with Crippen molar-refractivity contribution < 1.29 is 14.7 Å². The topological polar surface area (TPSA) is 33.9 Å². The maximum atomic E-state index is 10.0. The van der Waals surface area contributed by atoms with Crippen LogP contribution < -0.4 is 9.64 Å². The number of quaternary nitrogens is 1. The fraction of sp³-hybridized carbons (Fsp3) is 0.647. The Hall–Kier alpha value is -1.06. The smallest absolute Gasteiger partial charge is 0.137 e. The van der Waals surface area contributed by atoms with E-state index in [1.165, 1.54) is 36.4 Å². The summed E-state index contributed by atoms with van der Waals surface area (Å²) < 4.78 is 5.68.